The van der Waals surface area contributed by atoms with Crippen LogP contribution in [0.2, 0.25) is 0 Å². The fourth-order valence-corrected chi connectivity index (χ4v) is 1.66. The number of nitrogens with one attached hydrogen (secondary N) is 1. The van der Waals surface area contributed by atoms with Gasteiger partial charge in [0.05, 0.1) is 4.90 Å². The molecule has 0 saturated carbocycles. The van der Waals surface area contributed by atoms with Gasteiger partial charge in [0, 0.05) is 6.20 Å². The highest BCUT2D eigenvalue weighted by molar-refractivity contribution is 7.86. The van der Waals surface area contributed by atoms with Crippen molar-refractivity contribution in [3.8, 4) is 0 Å². The largest absolute Gasteiger partial charge is 0.475 e. The number of hydrogen-bond donors (Lipinski definition) is 1. The first-order valence-electron chi connectivity index (χ1n) is 3.37. The second-order valence-electron chi connectivity index (χ2n) is 2.43. The Kier molecular flexibility index (Phi) is 2.85. The van der Waals surface area contributed by atoms with Crippen LogP contribution in [0.25, 0.3) is 0 Å². The molecule has 1 N–H and O–H groups in total. The second-order valence-corrected chi connectivity index (χ2v) is 3.87. The van der Waals surface area contributed by atoms with Crippen LogP contribution in [0.4, 0.5) is 26.3 Å². The lowest BCUT2D eigenvalue weighted by molar-refractivity contribution is -0.143. The standard InChI is InChI=1S/C6H3F6NOS/c7-5(8,9)4-3(1-2-13-4)15(14)6(10,11)12/h1-2,13H. The molecule has 0 fully saturated rings. The average Bonchev–Trinajstić information content (AvgIpc) is 2.47. The molecule has 2 nitrogen and oxygen atoms in total. The molecule has 0 aliphatic rings. The van der Waals surface area contributed by atoms with Crippen LogP contribution in [0, 0.1) is 0 Å². The molecule has 0 spiro atoms. The Bertz CT molecular complexity index is 378. The minimum Gasteiger partial charge on any atom is -0.357 e. The van der Waals surface area contributed by atoms with E-state index in [1.54, 1.807) is 4.98 Å². The first-order valence-corrected chi connectivity index (χ1v) is 4.52. The summed E-state index contributed by atoms with van der Waals surface area (Å²) < 4.78 is 82.7. The van der Waals surface area contributed by atoms with Gasteiger partial charge in [0.1, 0.15) is 5.69 Å². The maximum Gasteiger partial charge on any atom is 0.475 e. The van der Waals surface area contributed by atoms with E-state index in [2.05, 4.69) is 0 Å². The predicted molar refractivity (Wildman–Crippen MR) is 38.3 cm³/mol. The van der Waals surface area contributed by atoms with Gasteiger partial charge in [-0.15, -0.1) is 0 Å². The minimum atomic E-state index is -5.21. The maximum atomic E-state index is 12.1. The molecule has 86 valence electrons. The monoisotopic (exact) mass is 251 g/mol. The Hall–Kier alpha value is -0.990. The molecule has 1 atom stereocenters. The summed E-state index contributed by atoms with van der Waals surface area (Å²) in [5.41, 5.74) is -6.85. The fourth-order valence-electron chi connectivity index (χ4n) is 0.856. The molecule has 1 unspecified atom stereocenters. The van der Waals surface area contributed by atoms with E-state index in [0.29, 0.717) is 12.3 Å². The Morgan fingerprint density at radius 3 is 2.07 bits per heavy atom. The first kappa shape index (κ1) is 12.1. The number of aromatic amines is 1. The molecular weight excluding hydrogens is 248 g/mol. The summed E-state index contributed by atoms with van der Waals surface area (Å²) in [4.78, 5) is 0.270. The molecule has 1 heterocycles. The molecule has 0 radical (unpaired) electrons. The second kappa shape index (κ2) is 3.54. The highest BCUT2D eigenvalue weighted by Gasteiger charge is 2.44. The molecule has 0 amide bonds. The highest BCUT2D eigenvalue weighted by Crippen LogP contribution is 2.36. The quantitative estimate of drug-likeness (QED) is 0.765. The summed E-state index contributed by atoms with van der Waals surface area (Å²) in [6, 6.07) is 0.492. The molecular formula is C6H3F6NOS. The molecule has 15 heavy (non-hydrogen) atoms. The summed E-state index contributed by atoms with van der Waals surface area (Å²) in [6.45, 7) is 0. The molecule has 0 aliphatic heterocycles. The van der Waals surface area contributed by atoms with Crippen molar-refractivity contribution in [3.05, 3.63) is 18.0 Å². The van der Waals surface area contributed by atoms with Gasteiger partial charge in [-0.1, -0.05) is 0 Å². The van der Waals surface area contributed by atoms with Crippen LogP contribution < -0.4 is 0 Å². The zero-order chi connectivity index (χ0) is 11.9. The van der Waals surface area contributed by atoms with Crippen molar-refractivity contribution < 1.29 is 30.6 Å². The van der Waals surface area contributed by atoms with E-state index in [-0.39, 0.29) is 0 Å². The molecule has 0 saturated heterocycles. The van der Waals surface area contributed by atoms with Crippen LogP contribution in [-0.4, -0.2) is 14.7 Å². The van der Waals surface area contributed by atoms with Gasteiger partial charge in [0.25, 0.3) is 0 Å². The van der Waals surface area contributed by atoms with Gasteiger partial charge in [-0.05, 0) is 6.07 Å². The smallest absolute Gasteiger partial charge is 0.357 e. The highest BCUT2D eigenvalue weighted by atomic mass is 32.2. The Balaban J connectivity index is 3.18. The summed E-state index contributed by atoms with van der Waals surface area (Å²) in [5.74, 6) is 0. The van der Waals surface area contributed by atoms with Gasteiger partial charge in [0.2, 0.25) is 0 Å². The SMILES string of the molecule is O=S(c1cc[nH]c1C(F)(F)F)C(F)(F)F. The van der Waals surface area contributed by atoms with E-state index in [0.717, 1.165) is 0 Å². The van der Waals surface area contributed by atoms with Crippen molar-refractivity contribution in [2.45, 2.75) is 16.6 Å². The topological polar surface area (TPSA) is 32.9 Å². The number of H-pyrrole nitrogens is 1. The Morgan fingerprint density at radius 1 is 1.13 bits per heavy atom. The number of rotatable bonds is 1. The first-order chi connectivity index (χ1) is 6.64. The molecule has 0 bridgehead atoms. The van der Waals surface area contributed by atoms with Crippen molar-refractivity contribution in [2.24, 2.45) is 0 Å². The number of halogens is 6. The predicted octanol–water partition coefficient (Wildman–Crippen LogP) is 2.66. The molecule has 1 aromatic heterocycles. The molecule has 0 aromatic carbocycles. The fraction of sp³-hybridized carbons (Fsp3) is 0.333. The van der Waals surface area contributed by atoms with Crippen LogP contribution in [0.3, 0.4) is 0 Å². The number of hydrogen-bond acceptors (Lipinski definition) is 1. The summed E-state index contributed by atoms with van der Waals surface area (Å²) in [5, 5.41) is 0. The average molecular weight is 251 g/mol. The van der Waals surface area contributed by atoms with E-state index < -0.39 is 33.1 Å². The number of aromatic nitrogens is 1. The van der Waals surface area contributed by atoms with Gasteiger partial charge in [-0.2, -0.15) is 26.3 Å². The maximum absolute atomic E-state index is 12.1. The van der Waals surface area contributed by atoms with Crippen LogP contribution in [0.15, 0.2) is 17.2 Å². The normalized spacial score (nSPS) is 15.3. The molecule has 0 aliphatic carbocycles. The molecule has 9 heteroatoms. The summed E-state index contributed by atoms with van der Waals surface area (Å²) in [7, 11) is -3.68. The van der Waals surface area contributed by atoms with Crippen molar-refractivity contribution in [2.75, 3.05) is 0 Å². The van der Waals surface area contributed by atoms with Crippen molar-refractivity contribution >= 4 is 10.8 Å². The zero-order valence-corrected chi connectivity index (χ0v) is 7.56. The lowest BCUT2D eigenvalue weighted by Crippen LogP contribution is -2.19. The number of alkyl halides is 6. The van der Waals surface area contributed by atoms with Gasteiger partial charge < -0.3 is 4.98 Å². The lowest BCUT2D eigenvalue weighted by Gasteiger charge is -2.09. The van der Waals surface area contributed by atoms with E-state index in [1.165, 1.54) is 0 Å². The van der Waals surface area contributed by atoms with E-state index in [1.807, 2.05) is 0 Å². The lowest BCUT2D eigenvalue weighted by atomic mass is 10.4. The zero-order valence-electron chi connectivity index (χ0n) is 6.74. The summed E-state index contributed by atoms with van der Waals surface area (Å²) >= 11 is 0. The Labute approximate surface area is 81.7 Å². The van der Waals surface area contributed by atoms with E-state index in [4.69, 9.17) is 0 Å². The van der Waals surface area contributed by atoms with E-state index >= 15 is 0 Å². The minimum absolute atomic E-state index is 0.492. The van der Waals surface area contributed by atoms with Crippen LogP contribution >= 0.6 is 0 Å². The third kappa shape index (κ3) is 2.52. The van der Waals surface area contributed by atoms with Crippen molar-refractivity contribution in [3.63, 3.8) is 0 Å². The van der Waals surface area contributed by atoms with Crippen molar-refractivity contribution in [1.82, 2.24) is 4.98 Å². The van der Waals surface area contributed by atoms with Crippen LogP contribution in [0.1, 0.15) is 5.69 Å². The van der Waals surface area contributed by atoms with Gasteiger partial charge in [0.15, 0.2) is 10.8 Å². The van der Waals surface area contributed by atoms with Gasteiger partial charge >= 0.3 is 11.7 Å². The van der Waals surface area contributed by atoms with Crippen LogP contribution in [-0.2, 0) is 17.0 Å². The van der Waals surface area contributed by atoms with E-state index in [9.17, 15) is 30.6 Å². The summed E-state index contributed by atoms with van der Waals surface area (Å²) in [6.07, 6.45) is -4.33. The Morgan fingerprint density at radius 2 is 1.67 bits per heavy atom. The third-order valence-electron chi connectivity index (χ3n) is 1.40. The third-order valence-corrected chi connectivity index (χ3v) is 2.56. The molecule has 1 rings (SSSR count). The van der Waals surface area contributed by atoms with Gasteiger partial charge in [-0.3, -0.25) is 0 Å². The van der Waals surface area contributed by atoms with Crippen molar-refractivity contribution in [1.29, 1.82) is 0 Å². The van der Waals surface area contributed by atoms with Crippen LogP contribution in [0.5, 0.6) is 0 Å². The molecule has 1 aromatic rings. The van der Waals surface area contributed by atoms with Gasteiger partial charge in [-0.25, -0.2) is 4.21 Å².